The maximum absolute atomic E-state index is 13.7. The Morgan fingerprint density at radius 1 is 1.33 bits per heavy atom. The number of carbonyl (C=O) groups is 1. The number of aromatic carboxylic acids is 1. The summed E-state index contributed by atoms with van der Waals surface area (Å²) in [6.45, 7) is 3.18. The van der Waals surface area contributed by atoms with Gasteiger partial charge in [0.1, 0.15) is 5.82 Å². The first-order valence-corrected chi connectivity index (χ1v) is 5.80. The molecular weight excluding hydrogens is 237 g/mol. The Labute approximate surface area is 105 Å². The van der Waals surface area contributed by atoms with Crippen LogP contribution in [-0.2, 0) is 0 Å². The minimum atomic E-state index is -1.13. The fraction of sp³-hybridized carbons (Fsp3) is 0.417. The standard InChI is InChI=1S/C12H16FN3O2/c1-15-5-7-16(8-6-15)14-11-9(12(17)18)3-2-4-10(11)13/h2-4,14H,5-8H2,1H3,(H,17,18). The van der Waals surface area contributed by atoms with Crippen molar-refractivity contribution in [1.29, 1.82) is 0 Å². The molecule has 0 unspecified atom stereocenters. The van der Waals surface area contributed by atoms with E-state index in [0.29, 0.717) is 0 Å². The van der Waals surface area contributed by atoms with Crippen molar-refractivity contribution in [1.82, 2.24) is 9.91 Å². The molecule has 0 spiro atoms. The van der Waals surface area contributed by atoms with Gasteiger partial charge in [0.05, 0.1) is 11.3 Å². The number of carboxylic acid groups (broad SMARTS) is 1. The number of anilines is 1. The summed E-state index contributed by atoms with van der Waals surface area (Å²) in [6.07, 6.45) is 0. The molecule has 1 aromatic carbocycles. The maximum atomic E-state index is 13.7. The van der Waals surface area contributed by atoms with E-state index in [4.69, 9.17) is 5.11 Å². The Morgan fingerprint density at radius 2 is 2.00 bits per heavy atom. The molecule has 1 aliphatic rings. The normalized spacial score (nSPS) is 17.7. The Balaban J connectivity index is 2.15. The number of piperazine rings is 1. The third-order valence-electron chi connectivity index (χ3n) is 3.02. The monoisotopic (exact) mass is 253 g/mol. The van der Waals surface area contributed by atoms with Gasteiger partial charge in [0.2, 0.25) is 0 Å². The molecule has 6 heteroatoms. The lowest BCUT2D eigenvalue weighted by Gasteiger charge is -2.33. The Morgan fingerprint density at radius 3 is 2.61 bits per heavy atom. The number of benzene rings is 1. The zero-order chi connectivity index (χ0) is 13.1. The summed E-state index contributed by atoms with van der Waals surface area (Å²) in [7, 11) is 2.02. The van der Waals surface area contributed by atoms with Crippen LogP contribution in [0.25, 0.3) is 0 Å². The molecule has 2 rings (SSSR count). The van der Waals surface area contributed by atoms with Crippen LogP contribution >= 0.6 is 0 Å². The van der Waals surface area contributed by atoms with E-state index in [9.17, 15) is 9.18 Å². The van der Waals surface area contributed by atoms with E-state index in [1.54, 1.807) is 0 Å². The molecule has 2 N–H and O–H groups in total. The van der Waals surface area contributed by atoms with Crippen molar-refractivity contribution in [2.45, 2.75) is 0 Å². The van der Waals surface area contributed by atoms with Crippen LogP contribution in [0.5, 0.6) is 0 Å². The molecule has 0 radical (unpaired) electrons. The minimum absolute atomic E-state index is 0.0366. The molecule has 0 amide bonds. The summed E-state index contributed by atoms with van der Waals surface area (Å²) >= 11 is 0. The highest BCUT2D eigenvalue weighted by molar-refractivity contribution is 5.94. The number of hydrogen-bond donors (Lipinski definition) is 2. The second-order valence-electron chi connectivity index (χ2n) is 4.37. The van der Waals surface area contributed by atoms with Crippen LogP contribution in [0.3, 0.4) is 0 Å². The van der Waals surface area contributed by atoms with Gasteiger partial charge in [-0.3, -0.25) is 0 Å². The average molecular weight is 253 g/mol. The molecule has 0 bridgehead atoms. The summed E-state index contributed by atoms with van der Waals surface area (Å²) < 4.78 is 13.7. The van der Waals surface area contributed by atoms with Crippen LogP contribution in [0.4, 0.5) is 10.1 Å². The van der Waals surface area contributed by atoms with Gasteiger partial charge < -0.3 is 15.4 Å². The van der Waals surface area contributed by atoms with Crippen LogP contribution in [0, 0.1) is 5.82 Å². The number of hydrogen-bond acceptors (Lipinski definition) is 4. The van der Waals surface area contributed by atoms with Gasteiger partial charge in [0, 0.05) is 26.2 Å². The summed E-state index contributed by atoms with van der Waals surface area (Å²) in [5.74, 6) is -1.68. The first-order chi connectivity index (χ1) is 8.58. The first kappa shape index (κ1) is 12.8. The number of para-hydroxylation sites is 1. The van der Waals surface area contributed by atoms with Crippen LogP contribution in [0.15, 0.2) is 18.2 Å². The Hall–Kier alpha value is -1.66. The third-order valence-corrected chi connectivity index (χ3v) is 3.02. The number of carboxylic acids is 1. The highest BCUT2D eigenvalue weighted by atomic mass is 19.1. The molecular formula is C12H16FN3O2. The van der Waals surface area contributed by atoms with Gasteiger partial charge in [-0.25, -0.2) is 14.2 Å². The maximum Gasteiger partial charge on any atom is 0.337 e. The molecule has 1 aromatic rings. The lowest BCUT2D eigenvalue weighted by atomic mass is 10.2. The van der Waals surface area contributed by atoms with E-state index in [-0.39, 0.29) is 11.3 Å². The van der Waals surface area contributed by atoms with Gasteiger partial charge in [0.15, 0.2) is 0 Å². The van der Waals surface area contributed by atoms with E-state index in [0.717, 1.165) is 26.2 Å². The van der Waals surface area contributed by atoms with Crippen LogP contribution in [0.2, 0.25) is 0 Å². The zero-order valence-electron chi connectivity index (χ0n) is 10.2. The van der Waals surface area contributed by atoms with Crippen LogP contribution < -0.4 is 5.43 Å². The quantitative estimate of drug-likeness (QED) is 0.844. The van der Waals surface area contributed by atoms with E-state index in [1.807, 2.05) is 12.1 Å². The van der Waals surface area contributed by atoms with Crippen molar-refractivity contribution in [2.24, 2.45) is 0 Å². The number of likely N-dealkylation sites (N-methyl/N-ethyl adjacent to an activating group) is 1. The molecule has 5 nitrogen and oxygen atoms in total. The lowest BCUT2D eigenvalue weighted by molar-refractivity contribution is 0.0696. The molecule has 1 fully saturated rings. The Kier molecular flexibility index (Phi) is 3.78. The van der Waals surface area contributed by atoms with E-state index in [1.165, 1.54) is 18.2 Å². The predicted molar refractivity (Wildman–Crippen MR) is 66.1 cm³/mol. The largest absolute Gasteiger partial charge is 0.478 e. The van der Waals surface area contributed by atoms with Gasteiger partial charge in [-0.15, -0.1) is 0 Å². The van der Waals surface area contributed by atoms with Crippen molar-refractivity contribution in [3.63, 3.8) is 0 Å². The SMILES string of the molecule is CN1CCN(Nc2c(F)cccc2C(=O)O)CC1. The van der Waals surface area contributed by atoms with Gasteiger partial charge in [-0.2, -0.15) is 0 Å². The van der Waals surface area contributed by atoms with Crippen LogP contribution in [-0.4, -0.2) is 54.2 Å². The predicted octanol–water partition coefficient (Wildman–Crippen LogP) is 1.10. The molecule has 1 saturated heterocycles. The lowest BCUT2D eigenvalue weighted by Crippen LogP contribution is -2.47. The minimum Gasteiger partial charge on any atom is -0.478 e. The fourth-order valence-electron chi connectivity index (χ4n) is 1.89. The molecule has 0 aromatic heterocycles. The molecule has 18 heavy (non-hydrogen) atoms. The third kappa shape index (κ3) is 2.77. The molecule has 1 aliphatic heterocycles. The smallest absolute Gasteiger partial charge is 0.337 e. The molecule has 1 heterocycles. The van der Waals surface area contributed by atoms with E-state index in [2.05, 4.69) is 10.3 Å². The van der Waals surface area contributed by atoms with Crippen molar-refractivity contribution >= 4 is 11.7 Å². The number of nitrogens with one attached hydrogen (secondary N) is 1. The van der Waals surface area contributed by atoms with Gasteiger partial charge in [-0.1, -0.05) is 6.07 Å². The van der Waals surface area contributed by atoms with E-state index >= 15 is 0 Å². The summed E-state index contributed by atoms with van der Waals surface area (Å²) in [5, 5.41) is 10.9. The number of hydrazine groups is 1. The Bertz CT molecular complexity index is 445. The highest BCUT2D eigenvalue weighted by Gasteiger charge is 2.19. The zero-order valence-corrected chi connectivity index (χ0v) is 10.2. The number of rotatable bonds is 3. The van der Waals surface area contributed by atoms with Gasteiger partial charge in [0.25, 0.3) is 0 Å². The van der Waals surface area contributed by atoms with Crippen LogP contribution in [0.1, 0.15) is 10.4 Å². The summed E-state index contributed by atoms with van der Waals surface area (Å²) in [6, 6.07) is 4.04. The van der Waals surface area contributed by atoms with Gasteiger partial charge in [-0.05, 0) is 19.2 Å². The number of nitrogens with zero attached hydrogens (tertiary/aromatic N) is 2. The van der Waals surface area contributed by atoms with Crippen molar-refractivity contribution < 1.29 is 14.3 Å². The summed E-state index contributed by atoms with van der Waals surface area (Å²) in [5.41, 5.74) is 2.86. The highest BCUT2D eigenvalue weighted by Crippen LogP contribution is 2.20. The average Bonchev–Trinajstić information content (AvgIpc) is 2.34. The number of halogens is 1. The topological polar surface area (TPSA) is 55.8 Å². The molecule has 0 atom stereocenters. The van der Waals surface area contributed by atoms with Gasteiger partial charge >= 0.3 is 5.97 Å². The second-order valence-corrected chi connectivity index (χ2v) is 4.37. The second kappa shape index (κ2) is 5.32. The first-order valence-electron chi connectivity index (χ1n) is 5.80. The van der Waals surface area contributed by atoms with Crippen molar-refractivity contribution in [3.8, 4) is 0 Å². The van der Waals surface area contributed by atoms with Crippen molar-refractivity contribution in [3.05, 3.63) is 29.6 Å². The van der Waals surface area contributed by atoms with Crippen molar-refractivity contribution in [2.75, 3.05) is 38.7 Å². The molecule has 98 valence electrons. The molecule has 0 saturated carbocycles. The van der Waals surface area contributed by atoms with E-state index < -0.39 is 11.8 Å². The molecule has 0 aliphatic carbocycles. The summed E-state index contributed by atoms with van der Waals surface area (Å²) in [4.78, 5) is 13.2. The fourth-order valence-corrected chi connectivity index (χ4v) is 1.89.